The van der Waals surface area contributed by atoms with Crippen LogP contribution in [0.1, 0.15) is 24.0 Å². The molecule has 1 saturated heterocycles. The van der Waals surface area contributed by atoms with Gasteiger partial charge in [0.05, 0.1) is 11.9 Å². The van der Waals surface area contributed by atoms with Crippen LogP contribution < -0.4 is 19.7 Å². The van der Waals surface area contributed by atoms with E-state index in [0.29, 0.717) is 6.54 Å². The summed E-state index contributed by atoms with van der Waals surface area (Å²) in [7, 11) is 0. The second-order valence-electron chi connectivity index (χ2n) is 8.77. The van der Waals surface area contributed by atoms with Crippen molar-refractivity contribution in [3.8, 4) is 22.8 Å². The summed E-state index contributed by atoms with van der Waals surface area (Å²) < 4.78 is 12.6. The van der Waals surface area contributed by atoms with Gasteiger partial charge in [-0.3, -0.25) is 4.79 Å². The summed E-state index contributed by atoms with van der Waals surface area (Å²) in [6, 6.07) is 14.1. The maximum atomic E-state index is 12.7. The molecular weight excluding hydrogens is 450 g/mol. The zero-order valence-corrected chi connectivity index (χ0v) is 19.7. The molecule has 1 N–H and O–H groups in total. The molecule has 0 atom stereocenters. The molecular formula is C25H25N5O3S. The first-order chi connectivity index (χ1) is 16.6. The molecule has 4 aromatic rings. The number of rotatable bonds is 5. The van der Waals surface area contributed by atoms with Crippen LogP contribution in [0, 0.1) is 12.8 Å². The third kappa shape index (κ3) is 4.07. The number of aryl methyl sites for hydroxylation is 1. The fraction of sp³-hybridized carbons (Fsp3) is 0.320. The minimum atomic E-state index is 0.0162. The summed E-state index contributed by atoms with van der Waals surface area (Å²) in [4.78, 5) is 20.6. The van der Waals surface area contributed by atoms with E-state index in [-0.39, 0.29) is 18.6 Å². The Labute approximate surface area is 201 Å². The van der Waals surface area contributed by atoms with Gasteiger partial charge in [-0.2, -0.15) is 0 Å². The van der Waals surface area contributed by atoms with E-state index < -0.39 is 0 Å². The van der Waals surface area contributed by atoms with E-state index in [2.05, 4.69) is 41.4 Å². The number of hydrogen-bond acceptors (Lipinski definition) is 7. The molecule has 1 fully saturated rings. The van der Waals surface area contributed by atoms with E-state index in [0.717, 1.165) is 64.3 Å². The number of nitrogens with zero attached hydrogens (tertiary/aromatic N) is 4. The summed E-state index contributed by atoms with van der Waals surface area (Å²) in [5.74, 6) is 1.61. The van der Waals surface area contributed by atoms with E-state index in [4.69, 9.17) is 19.6 Å². The number of aromatic nitrogens is 3. The number of amides is 1. The smallest absolute Gasteiger partial charge is 0.231 e. The van der Waals surface area contributed by atoms with E-state index in [9.17, 15) is 4.79 Å². The minimum absolute atomic E-state index is 0.0162. The third-order valence-corrected chi connectivity index (χ3v) is 7.40. The van der Waals surface area contributed by atoms with Crippen molar-refractivity contribution in [2.24, 2.45) is 5.92 Å². The number of hydrogen-bond donors (Lipinski definition) is 1. The summed E-state index contributed by atoms with van der Waals surface area (Å²) >= 11 is 1.59. The lowest BCUT2D eigenvalue weighted by Crippen LogP contribution is -2.40. The van der Waals surface area contributed by atoms with Gasteiger partial charge in [0.15, 0.2) is 11.5 Å². The minimum Gasteiger partial charge on any atom is -0.454 e. The van der Waals surface area contributed by atoms with Crippen molar-refractivity contribution in [2.45, 2.75) is 26.3 Å². The number of carbonyl (C=O) groups excluding carboxylic acids is 1. The summed E-state index contributed by atoms with van der Waals surface area (Å²) in [5, 5.41) is 8.78. The molecule has 6 rings (SSSR count). The lowest BCUT2D eigenvalue weighted by atomic mass is 9.96. The van der Waals surface area contributed by atoms with Crippen molar-refractivity contribution in [3.05, 3.63) is 59.8 Å². The van der Waals surface area contributed by atoms with Crippen LogP contribution in [-0.4, -0.2) is 40.4 Å². The van der Waals surface area contributed by atoms with Gasteiger partial charge in [-0.15, -0.1) is 5.10 Å². The van der Waals surface area contributed by atoms with E-state index in [1.165, 1.54) is 5.56 Å². The van der Waals surface area contributed by atoms with Gasteiger partial charge >= 0.3 is 0 Å². The molecule has 0 aliphatic carbocycles. The summed E-state index contributed by atoms with van der Waals surface area (Å²) in [6.07, 6.45) is 3.60. The van der Waals surface area contributed by atoms with Gasteiger partial charge in [0.1, 0.15) is 0 Å². The number of carbonyl (C=O) groups is 1. The molecule has 1 amide bonds. The first-order valence-corrected chi connectivity index (χ1v) is 12.3. The van der Waals surface area contributed by atoms with Crippen molar-refractivity contribution in [2.75, 3.05) is 24.8 Å². The molecule has 9 heteroatoms. The Bertz CT molecular complexity index is 1310. The molecule has 0 saturated carbocycles. The molecule has 34 heavy (non-hydrogen) atoms. The van der Waals surface area contributed by atoms with Gasteiger partial charge in [0.2, 0.25) is 22.8 Å². The van der Waals surface area contributed by atoms with Crippen molar-refractivity contribution in [3.63, 3.8) is 0 Å². The highest BCUT2D eigenvalue weighted by atomic mass is 32.1. The van der Waals surface area contributed by atoms with Gasteiger partial charge in [-0.25, -0.2) is 9.50 Å². The maximum absolute atomic E-state index is 12.7. The second-order valence-corrected chi connectivity index (χ2v) is 9.71. The number of imidazole rings is 1. The Morgan fingerprint density at radius 1 is 1.12 bits per heavy atom. The highest BCUT2D eigenvalue weighted by molar-refractivity contribution is 7.20. The Hall–Kier alpha value is -3.59. The van der Waals surface area contributed by atoms with Crippen molar-refractivity contribution < 1.29 is 14.3 Å². The Balaban J connectivity index is 1.04. The first-order valence-electron chi connectivity index (χ1n) is 11.5. The summed E-state index contributed by atoms with van der Waals surface area (Å²) in [6.45, 7) is 4.44. The predicted molar refractivity (Wildman–Crippen MR) is 130 cm³/mol. The predicted octanol–water partition coefficient (Wildman–Crippen LogP) is 4.03. The van der Waals surface area contributed by atoms with Crippen molar-refractivity contribution >= 4 is 27.3 Å². The van der Waals surface area contributed by atoms with E-state index in [1.54, 1.807) is 11.3 Å². The maximum Gasteiger partial charge on any atom is 0.231 e. The molecule has 0 spiro atoms. The fourth-order valence-corrected chi connectivity index (χ4v) is 5.33. The standard InChI is InChI=1S/C25H25N5O3S/c1-16-2-5-18(6-3-16)20-14-30-24(27-20)34-25(28-30)29-10-8-19(9-11-29)23(31)26-13-17-4-7-21-22(12-17)33-15-32-21/h2-7,12,14,19H,8-11,13,15H2,1H3,(H,26,31). The Kier molecular flexibility index (Phi) is 5.33. The quantitative estimate of drug-likeness (QED) is 0.470. The number of nitrogens with one attached hydrogen (secondary N) is 1. The lowest BCUT2D eigenvalue weighted by molar-refractivity contribution is -0.125. The molecule has 8 nitrogen and oxygen atoms in total. The van der Waals surface area contributed by atoms with Gasteiger partial charge in [-0.05, 0) is 37.5 Å². The Morgan fingerprint density at radius 2 is 1.91 bits per heavy atom. The highest BCUT2D eigenvalue weighted by Gasteiger charge is 2.27. The number of piperidine rings is 1. The average Bonchev–Trinajstić information content (AvgIpc) is 3.58. The van der Waals surface area contributed by atoms with E-state index in [1.807, 2.05) is 28.9 Å². The average molecular weight is 476 g/mol. The van der Waals surface area contributed by atoms with Crippen molar-refractivity contribution in [1.82, 2.24) is 19.9 Å². The number of anilines is 1. The SMILES string of the molecule is Cc1ccc(-c2cn3nc(N4CCC(C(=O)NCc5ccc6c(c5)OCO6)CC4)sc3n2)cc1. The zero-order chi connectivity index (χ0) is 23.1. The van der Waals surface area contributed by atoms with Crippen LogP contribution >= 0.6 is 11.3 Å². The van der Waals surface area contributed by atoms with Crippen LogP contribution in [0.2, 0.25) is 0 Å². The molecule has 4 heterocycles. The van der Waals surface area contributed by atoms with Crippen LogP contribution in [0.5, 0.6) is 11.5 Å². The highest BCUT2D eigenvalue weighted by Crippen LogP contribution is 2.33. The van der Waals surface area contributed by atoms with Crippen LogP contribution in [0.4, 0.5) is 5.13 Å². The molecule has 174 valence electrons. The molecule has 0 radical (unpaired) electrons. The van der Waals surface area contributed by atoms with E-state index >= 15 is 0 Å². The lowest BCUT2D eigenvalue weighted by Gasteiger charge is -2.30. The van der Waals surface area contributed by atoms with Crippen LogP contribution in [-0.2, 0) is 11.3 Å². The van der Waals surface area contributed by atoms with Gasteiger partial charge < -0.3 is 19.7 Å². The van der Waals surface area contributed by atoms with Gasteiger partial charge in [0, 0.05) is 31.1 Å². The monoisotopic (exact) mass is 475 g/mol. The van der Waals surface area contributed by atoms with Gasteiger partial charge in [0.25, 0.3) is 0 Å². The Morgan fingerprint density at radius 3 is 2.71 bits per heavy atom. The molecule has 2 aromatic heterocycles. The second kappa shape index (κ2) is 8.64. The van der Waals surface area contributed by atoms with Crippen LogP contribution in [0.3, 0.4) is 0 Å². The largest absolute Gasteiger partial charge is 0.454 e. The number of benzene rings is 2. The normalized spacial score (nSPS) is 15.7. The van der Waals surface area contributed by atoms with Gasteiger partial charge in [-0.1, -0.05) is 47.2 Å². The molecule has 2 aliphatic rings. The molecule has 2 aromatic carbocycles. The molecule has 0 bridgehead atoms. The zero-order valence-electron chi connectivity index (χ0n) is 18.9. The van der Waals surface area contributed by atoms with Crippen LogP contribution in [0.25, 0.3) is 16.2 Å². The molecule has 0 unspecified atom stereocenters. The van der Waals surface area contributed by atoms with Crippen LogP contribution in [0.15, 0.2) is 48.7 Å². The number of fused-ring (bicyclic) bond motifs is 2. The first kappa shape index (κ1) is 21.0. The van der Waals surface area contributed by atoms with Crippen molar-refractivity contribution in [1.29, 1.82) is 0 Å². The number of ether oxygens (including phenoxy) is 2. The topological polar surface area (TPSA) is 81.0 Å². The molecule has 2 aliphatic heterocycles. The summed E-state index contributed by atoms with van der Waals surface area (Å²) in [5.41, 5.74) is 4.27. The fourth-order valence-electron chi connectivity index (χ4n) is 4.40. The third-order valence-electron chi connectivity index (χ3n) is 6.42.